The Morgan fingerprint density at radius 3 is 2.19 bits per heavy atom. The third kappa shape index (κ3) is 4.02. The molecule has 0 bridgehead atoms. The van der Waals surface area contributed by atoms with Crippen LogP contribution < -0.4 is 10.5 Å². The average molecular weight is 354 g/mol. The molecule has 1 atom stereocenters. The minimum atomic E-state index is -3.79. The van der Waals surface area contributed by atoms with Gasteiger partial charge in [0.05, 0.1) is 6.04 Å². The summed E-state index contributed by atoms with van der Waals surface area (Å²) in [5, 5.41) is 7.58. The number of amides is 1. The molecule has 0 aliphatic heterocycles. The molecule has 0 aliphatic rings. The van der Waals surface area contributed by atoms with Crippen LogP contribution in [0.3, 0.4) is 0 Å². The van der Waals surface area contributed by atoms with Gasteiger partial charge in [-0.2, -0.15) is 0 Å². The Morgan fingerprint density at radius 1 is 1.29 bits per heavy atom. The quantitative estimate of drug-likeness (QED) is 0.792. The Labute approximate surface area is 128 Å². The second-order valence-corrected chi connectivity index (χ2v) is 10.6. The average Bonchev–Trinajstić information content (AvgIpc) is 2.75. The predicted molar refractivity (Wildman–Crippen MR) is 81.2 cm³/mol. The first-order valence-electron chi connectivity index (χ1n) is 5.90. The van der Waals surface area contributed by atoms with Crippen LogP contribution in [0.25, 0.3) is 0 Å². The number of hydrogen-bond donors (Lipinski definition) is 2. The van der Waals surface area contributed by atoms with Crippen molar-refractivity contribution < 1.29 is 21.6 Å². The molecule has 120 valence electrons. The van der Waals surface area contributed by atoms with Crippen molar-refractivity contribution in [3.8, 4) is 0 Å². The first-order chi connectivity index (χ1) is 9.26. The van der Waals surface area contributed by atoms with Crippen molar-refractivity contribution >= 4 is 37.1 Å². The maximum absolute atomic E-state index is 12.1. The second kappa shape index (κ2) is 5.67. The van der Waals surface area contributed by atoms with Gasteiger partial charge in [0.15, 0.2) is 9.84 Å². The lowest BCUT2D eigenvalue weighted by Crippen LogP contribution is -2.48. The van der Waals surface area contributed by atoms with E-state index in [9.17, 15) is 21.6 Å². The zero-order valence-electron chi connectivity index (χ0n) is 12.1. The molecule has 1 unspecified atom stereocenters. The molecule has 21 heavy (non-hydrogen) atoms. The van der Waals surface area contributed by atoms with Crippen LogP contribution in [0.5, 0.6) is 0 Å². The van der Waals surface area contributed by atoms with E-state index in [0.29, 0.717) is 4.88 Å². The van der Waals surface area contributed by atoms with Crippen molar-refractivity contribution in [3.63, 3.8) is 0 Å². The third-order valence-electron chi connectivity index (χ3n) is 3.13. The van der Waals surface area contributed by atoms with Gasteiger partial charge in [0.25, 0.3) is 0 Å². The summed E-state index contributed by atoms with van der Waals surface area (Å²) in [6.45, 7) is 4.26. The topological polar surface area (TPSA) is 123 Å². The molecule has 1 aromatic rings. The molecule has 10 heteroatoms. The van der Waals surface area contributed by atoms with Gasteiger partial charge in [0, 0.05) is 11.1 Å². The summed E-state index contributed by atoms with van der Waals surface area (Å²) < 4.78 is 44.0. The Bertz CT molecular complexity index is 747. The van der Waals surface area contributed by atoms with Gasteiger partial charge < -0.3 is 5.32 Å². The van der Waals surface area contributed by atoms with E-state index in [1.807, 2.05) is 0 Å². The number of rotatable bonds is 5. The first kappa shape index (κ1) is 18.1. The Morgan fingerprint density at radius 2 is 1.81 bits per heavy atom. The fourth-order valence-electron chi connectivity index (χ4n) is 1.33. The van der Waals surface area contributed by atoms with Gasteiger partial charge in [-0.25, -0.2) is 22.0 Å². The maximum Gasteiger partial charge on any atom is 0.247 e. The minimum absolute atomic E-state index is 0.0130. The van der Waals surface area contributed by atoms with Gasteiger partial charge in [0.1, 0.15) is 8.96 Å². The zero-order chi connectivity index (χ0) is 16.6. The van der Waals surface area contributed by atoms with Crippen LogP contribution in [0.4, 0.5) is 0 Å². The van der Waals surface area contributed by atoms with Gasteiger partial charge in [-0.1, -0.05) is 0 Å². The van der Waals surface area contributed by atoms with E-state index in [1.54, 1.807) is 6.92 Å². The number of nitrogens with one attached hydrogen (secondary N) is 1. The number of primary sulfonamides is 1. The van der Waals surface area contributed by atoms with Crippen LogP contribution in [0.1, 0.15) is 31.7 Å². The SMILES string of the molecule is CC(NC(=O)C(C)(C)S(C)(=O)=O)c1ccc(S(N)(=O)=O)s1. The van der Waals surface area contributed by atoms with Crippen molar-refractivity contribution in [2.75, 3.05) is 6.26 Å². The zero-order valence-corrected chi connectivity index (χ0v) is 14.5. The molecule has 7 nitrogen and oxygen atoms in total. The summed E-state index contributed by atoms with van der Waals surface area (Å²) in [5.41, 5.74) is 0. The third-order valence-corrected chi connectivity index (χ3v) is 7.88. The number of carbonyl (C=O) groups excluding carboxylic acids is 1. The van der Waals surface area contributed by atoms with E-state index in [4.69, 9.17) is 5.14 Å². The molecule has 1 amide bonds. The predicted octanol–water partition coefficient (Wildman–Crippen LogP) is 0.396. The molecular weight excluding hydrogens is 336 g/mol. The Hall–Kier alpha value is -0.970. The monoisotopic (exact) mass is 354 g/mol. The van der Waals surface area contributed by atoms with E-state index in [-0.39, 0.29) is 4.21 Å². The number of thiophene rings is 1. The Kier molecular flexibility index (Phi) is 4.88. The Balaban J connectivity index is 2.95. The highest BCUT2D eigenvalue weighted by molar-refractivity contribution is 7.92. The molecule has 0 fully saturated rings. The normalized spacial score (nSPS) is 14.7. The van der Waals surface area contributed by atoms with E-state index < -0.39 is 36.6 Å². The number of sulfonamides is 1. The number of nitrogens with two attached hydrogens (primary N) is 1. The van der Waals surface area contributed by atoms with Gasteiger partial charge >= 0.3 is 0 Å². The van der Waals surface area contributed by atoms with Crippen LogP contribution in [0, 0.1) is 0 Å². The van der Waals surface area contributed by atoms with Crippen LogP contribution in [-0.4, -0.2) is 33.7 Å². The first-order valence-corrected chi connectivity index (χ1v) is 10.2. The smallest absolute Gasteiger partial charge is 0.247 e. The van der Waals surface area contributed by atoms with Gasteiger partial charge in [-0.3, -0.25) is 4.79 Å². The molecule has 1 rings (SSSR count). The van der Waals surface area contributed by atoms with Crippen molar-refractivity contribution in [3.05, 3.63) is 17.0 Å². The van der Waals surface area contributed by atoms with Crippen molar-refractivity contribution in [1.82, 2.24) is 5.32 Å². The molecule has 0 saturated heterocycles. The highest BCUT2D eigenvalue weighted by atomic mass is 32.2. The number of hydrogen-bond acceptors (Lipinski definition) is 6. The molecule has 0 spiro atoms. The van der Waals surface area contributed by atoms with E-state index in [1.165, 1.54) is 26.0 Å². The molecular formula is C11H18N2O5S3. The van der Waals surface area contributed by atoms with E-state index >= 15 is 0 Å². The maximum atomic E-state index is 12.1. The second-order valence-electron chi connectivity index (χ2n) is 5.18. The summed E-state index contributed by atoms with van der Waals surface area (Å²) in [6.07, 6.45) is 0.988. The van der Waals surface area contributed by atoms with Crippen molar-refractivity contribution in [1.29, 1.82) is 0 Å². The van der Waals surface area contributed by atoms with Crippen LogP contribution in [-0.2, 0) is 24.7 Å². The van der Waals surface area contributed by atoms with E-state index in [2.05, 4.69) is 5.32 Å². The van der Waals surface area contributed by atoms with Crippen molar-refractivity contribution in [2.45, 2.75) is 35.8 Å². The number of carbonyl (C=O) groups is 1. The summed E-state index contributed by atoms with van der Waals surface area (Å²) in [5.74, 6) is -0.650. The minimum Gasteiger partial charge on any atom is -0.347 e. The summed E-state index contributed by atoms with van der Waals surface area (Å²) in [4.78, 5) is 12.6. The highest BCUT2D eigenvalue weighted by Gasteiger charge is 2.39. The lowest BCUT2D eigenvalue weighted by atomic mass is 10.1. The van der Waals surface area contributed by atoms with Crippen LogP contribution >= 0.6 is 11.3 Å². The molecule has 0 aliphatic carbocycles. The summed E-state index contributed by atoms with van der Waals surface area (Å²) >= 11 is 0.931. The fourth-order valence-corrected chi connectivity index (χ4v) is 3.48. The van der Waals surface area contributed by atoms with Crippen LogP contribution in [0.15, 0.2) is 16.3 Å². The molecule has 0 radical (unpaired) electrons. The standard InChI is InChI=1S/C11H18N2O5S3/c1-7(8-5-6-9(19-8)21(12,17)18)13-10(14)11(2,3)20(4,15)16/h5-7H,1-4H3,(H,13,14)(H2,12,17,18). The lowest BCUT2D eigenvalue weighted by molar-refractivity contribution is -0.123. The van der Waals surface area contributed by atoms with E-state index in [0.717, 1.165) is 17.6 Å². The largest absolute Gasteiger partial charge is 0.347 e. The molecule has 1 aromatic heterocycles. The highest BCUT2D eigenvalue weighted by Crippen LogP contribution is 2.26. The lowest BCUT2D eigenvalue weighted by Gasteiger charge is -2.23. The van der Waals surface area contributed by atoms with Crippen molar-refractivity contribution in [2.24, 2.45) is 5.14 Å². The molecule has 0 aromatic carbocycles. The number of sulfone groups is 1. The van der Waals surface area contributed by atoms with Gasteiger partial charge in [0.2, 0.25) is 15.9 Å². The summed E-state index contributed by atoms with van der Waals surface area (Å²) in [6, 6.07) is 2.35. The molecule has 3 N–H and O–H groups in total. The van der Waals surface area contributed by atoms with Crippen LogP contribution in [0.2, 0.25) is 0 Å². The molecule has 0 saturated carbocycles. The fraction of sp³-hybridized carbons (Fsp3) is 0.545. The van der Waals surface area contributed by atoms with Gasteiger partial charge in [-0.15, -0.1) is 11.3 Å². The molecule has 1 heterocycles. The van der Waals surface area contributed by atoms with Gasteiger partial charge in [-0.05, 0) is 32.9 Å². The summed E-state index contributed by atoms with van der Waals surface area (Å²) in [7, 11) is -7.36.